The smallest absolute Gasteiger partial charge is 0.191 e. The summed E-state index contributed by atoms with van der Waals surface area (Å²) >= 11 is 0. The first-order chi connectivity index (χ1) is 14.3. The van der Waals surface area contributed by atoms with Crippen LogP contribution in [-0.4, -0.2) is 52.9 Å². The van der Waals surface area contributed by atoms with E-state index in [4.69, 9.17) is 0 Å². The summed E-state index contributed by atoms with van der Waals surface area (Å²) < 4.78 is 1.89. The molecule has 6 nitrogen and oxygen atoms in total. The highest BCUT2D eigenvalue weighted by atomic mass is 15.3. The Labute approximate surface area is 174 Å². The molecule has 156 valence electrons. The normalized spacial score (nSPS) is 21.8. The molecule has 1 saturated carbocycles. The zero-order chi connectivity index (χ0) is 19.9. The fraction of sp³-hybridized carbons (Fsp3) is 0.565. The van der Waals surface area contributed by atoms with Crippen molar-refractivity contribution in [1.29, 1.82) is 0 Å². The summed E-state index contributed by atoms with van der Waals surface area (Å²) in [5.41, 5.74) is 2.29. The van der Waals surface area contributed by atoms with E-state index < -0.39 is 0 Å². The van der Waals surface area contributed by atoms with E-state index in [9.17, 15) is 0 Å². The Kier molecular flexibility index (Phi) is 6.83. The Balaban J connectivity index is 1.30. The highest BCUT2D eigenvalue weighted by molar-refractivity contribution is 5.80. The van der Waals surface area contributed by atoms with E-state index in [-0.39, 0.29) is 0 Å². The Hall–Kier alpha value is -2.34. The molecule has 0 bridgehead atoms. The first-order valence-electron chi connectivity index (χ1n) is 11.1. The molecule has 1 atom stereocenters. The van der Waals surface area contributed by atoms with Crippen LogP contribution in [0.3, 0.4) is 0 Å². The predicted molar refractivity (Wildman–Crippen MR) is 118 cm³/mol. The maximum atomic E-state index is 4.47. The lowest BCUT2D eigenvalue weighted by molar-refractivity contribution is 0.115. The van der Waals surface area contributed by atoms with Crippen LogP contribution in [0.2, 0.25) is 0 Å². The molecule has 1 aliphatic heterocycles. The van der Waals surface area contributed by atoms with Gasteiger partial charge in [0.1, 0.15) is 0 Å². The van der Waals surface area contributed by atoms with Crippen molar-refractivity contribution in [3.63, 3.8) is 0 Å². The van der Waals surface area contributed by atoms with Crippen LogP contribution in [-0.2, 0) is 6.54 Å². The van der Waals surface area contributed by atoms with Gasteiger partial charge in [-0.15, -0.1) is 0 Å². The largest absolute Gasteiger partial charge is 0.352 e. The Morgan fingerprint density at radius 1 is 1.14 bits per heavy atom. The molecule has 6 heteroatoms. The molecule has 0 spiro atoms. The lowest BCUT2D eigenvalue weighted by atomic mass is 9.92. The van der Waals surface area contributed by atoms with Crippen molar-refractivity contribution in [2.45, 2.75) is 63.6 Å². The summed E-state index contributed by atoms with van der Waals surface area (Å²) in [4.78, 5) is 7.19. The van der Waals surface area contributed by atoms with Crippen LogP contribution in [0.4, 0.5) is 0 Å². The number of aromatic nitrogens is 2. The highest BCUT2D eigenvalue weighted by Crippen LogP contribution is 2.25. The monoisotopic (exact) mass is 394 g/mol. The molecule has 1 saturated heterocycles. The second-order valence-electron chi connectivity index (χ2n) is 8.32. The third-order valence-electron chi connectivity index (χ3n) is 6.25. The summed E-state index contributed by atoms with van der Waals surface area (Å²) in [6.07, 6.45) is 13.3. The van der Waals surface area contributed by atoms with Gasteiger partial charge in [0.15, 0.2) is 5.96 Å². The van der Waals surface area contributed by atoms with Gasteiger partial charge >= 0.3 is 0 Å². The zero-order valence-electron chi connectivity index (χ0n) is 17.6. The number of guanidine groups is 1. The minimum absolute atomic E-state index is 0.479. The molecule has 2 aliphatic rings. The number of rotatable bonds is 5. The molecule has 1 aromatic carbocycles. The number of hydrogen-bond acceptors (Lipinski definition) is 3. The lowest BCUT2D eigenvalue weighted by Crippen LogP contribution is -2.53. The average molecular weight is 395 g/mol. The highest BCUT2D eigenvalue weighted by Gasteiger charge is 2.27. The van der Waals surface area contributed by atoms with Crippen LogP contribution in [0.5, 0.6) is 0 Å². The molecular formula is C23H34N6. The molecule has 4 rings (SSSR count). The van der Waals surface area contributed by atoms with Crippen LogP contribution in [0.15, 0.2) is 47.7 Å². The molecular weight excluding hydrogens is 360 g/mol. The maximum absolute atomic E-state index is 4.47. The predicted octanol–water partition coefficient (Wildman–Crippen LogP) is 3.33. The summed E-state index contributed by atoms with van der Waals surface area (Å²) in [5.74, 6) is 0.894. The molecule has 29 heavy (non-hydrogen) atoms. The molecule has 2 aromatic rings. The number of aliphatic imine (C=N–C) groups is 1. The van der Waals surface area contributed by atoms with Crippen molar-refractivity contribution < 1.29 is 0 Å². The number of nitrogens with one attached hydrogen (secondary N) is 2. The van der Waals surface area contributed by atoms with E-state index in [2.05, 4.69) is 49.9 Å². The van der Waals surface area contributed by atoms with Crippen molar-refractivity contribution in [1.82, 2.24) is 25.3 Å². The number of nitrogens with zero attached hydrogens (tertiary/aromatic N) is 4. The summed E-state index contributed by atoms with van der Waals surface area (Å²) in [6.45, 7) is 3.14. The van der Waals surface area contributed by atoms with Gasteiger partial charge in [-0.3, -0.25) is 9.89 Å². The van der Waals surface area contributed by atoms with Crippen LogP contribution >= 0.6 is 0 Å². The Morgan fingerprint density at radius 2 is 2.03 bits per heavy atom. The van der Waals surface area contributed by atoms with Gasteiger partial charge in [0.05, 0.1) is 5.69 Å². The number of piperidine rings is 1. The topological polar surface area (TPSA) is 57.5 Å². The van der Waals surface area contributed by atoms with Gasteiger partial charge in [0.25, 0.3) is 0 Å². The minimum atomic E-state index is 0.479. The van der Waals surface area contributed by atoms with Gasteiger partial charge in [0.2, 0.25) is 0 Å². The molecule has 2 heterocycles. The maximum Gasteiger partial charge on any atom is 0.191 e. The molecule has 1 aliphatic carbocycles. The minimum Gasteiger partial charge on any atom is -0.352 e. The van der Waals surface area contributed by atoms with Crippen LogP contribution in [0.1, 0.15) is 50.5 Å². The molecule has 1 unspecified atom stereocenters. The number of likely N-dealkylation sites (tertiary alicyclic amines) is 1. The Morgan fingerprint density at radius 3 is 2.83 bits per heavy atom. The van der Waals surface area contributed by atoms with Gasteiger partial charge in [-0.1, -0.05) is 31.4 Å². The third kappa shape index (κ3) is 5.38. The molecule has 1 aromatic heterocycles. The van der Waals surface area contributed by atoms with E-state index in [1.165, 1.54) is 57.1 Å². The van der Waals surface area contributed by atoms with Crippen molar-refractivity contribution in [3.8, 4) is 5.69 Å². The molecule has 0 amide bonds. The van der Waals surface area contributed by atoms with Gasteiger partial charge in [-0.05, 0) is 56.0 Å². The molecule has 0 radical (unpaired) electrons. The lowest BCUT2D eigenvalue weighted by Gasteiger charge is -2.40. The fourth-order valence-electron chi connectivity index (χ4n) is 4.71. The number of benzene rings is 1. The van der Waals surface area contributed by atoms with Crippen LogP contribution in [0.25, 0.3) is 5.69 Å². The first kappa shape index (κ1) is 20.0. The van der Waals surface area contributed by atoms with E-state index in [1.54, 1.807) is 6.20 Å². The van der Waals surface area contributed by atoms with Crippen LogP contribution < -0.4 is 10.6 Å². The first-order valence-corrected chi connectivity index (χ1v) is 11.1. The van der Waals surface area contributed by atoms with E-state index in [0.717, 1.165) is 30.8 Å². The summed E-state index contributed by atoms with van der Waals surface area (Å²) in [7, 11) is 1.86. The van der Waals surface area contributed by atoms with Gasteiger partial charge in [-0.2, -0.15) is 5.10 Å². The van der Waals surface area contributed by atoms with Crippen molar-refractivity contribution >= 4 is 5.96 Å². The SMILES string of the molecule is CN=C(NCc1cccc(-n2cccn2)c1)NC1CCCN(C2CCCCC2)C1. The van der Waals surface area contributed by atoms with E-state index in [0.29, 0.717) is 6.04 Å². The van der Waals surface area contributed by atoms with E-state index in [1.807, 2.05) is 24.0 Å². The van der Waals surface area contributed by atoms with Crippen molar-refractivity contribution in [2.24, 2.45) is 4.99 Å². The zero-order valence-corrected chi connectivity index (χ0v) is 17.6. The standard InChI is InChI=1S/C23H34N6/c1-24-23(25-17-19-8-5-12-22(16-19)29-15-7-13-26-29)27-20-9-6-14-28(18-20)21-10-3-2-4-11-21/h5,7-8,12-13,15-16,20-21H,2-4,6,9-11,14,17-18H2,1H3,(H2,24,25,27). The molecule has 2 fully saturated rings. The second kappa shape index (κ2) is 9.92. The summed E-state index contributed by atoms with van der Waals surface area (Å²) in [5, 5.41) is 11.5. The average Bonchev–Trinajstić information content (AvgIpc) is 3.33. The third-order valence-corrected chi connectivity index (χ3v) is 6.25. The fourth-order valence-corrected chi connectivity index (χ4v) is 4.71. The second-order valence-corrected chi connectivity index (χ2v) is 8.32. The van der Waals surface area contributed by atoms with Crippen molar-refractivity contribution in [3.05, 3.63) is 48.3 Å². The Bertz CT molecular complexity index is 778. The van der Waals surface area contributed by atoms with Crippen LogP contribution in [0, 0.1) is 0 Å². The van der Waals surface area contributed by atoms with E-state index >= 15 is 0 Å². The summed E-state index contributed by atoms with van der Waals surface area (Å²) in [6, 6.07) is 11.7. The quantitative estimate of drug-likeness (QED) is 0.603. The molecule has 2 N–H and O–H groups in total. The number of hydrogen-bond donors (Lipinski definition) is 2. The van der Waals surface area contributed by atoms with Gasteiger partial charge < -0.3 is 10.6 Å². The van der Waals surface area contributed by atoms with Crippen molar-refractivity contribution in [2.75, 3.05) is 20.1 Å². The van der Waals surface area contributed by atoms with Gasteiger partial charge in [0, 0.05) is 44.6 Å². The van der Waals surface area contributed by atoms with Gasteiger partial charge in [-0.25, -0.2) is 4.68 Å².